The standard InChI is InChI=1S/C15H28O2/c1-5-9-10-11-13-15(8-4,12-6-2)17-14(16)7-3/h7H,3,5-6,8-13H2,1-2,4H3. The van der Waals surface area contributed by atoms with Gasteiger partial charge in [-0.2, -0.15) is 0 Å². The predicted octanol–water partition coefficient (Wildman–Crippen LogP) is 4.63. The molecule has 0 aromatic carbocycles. The van der Waals surface area contributed by atoms with Crippen molar-refractivity contribution in [2.45, 2.75) is 77.7 Å². The highest BCUT2D eigenvalue weighted by Crippen LogP contribution is 2.29. The van der Waals surface area contributed by atoms with Crippen molar-refractivity contribution < 1.29 is 9.53 Å². The number of unbranched alkanes of at least 4 members (excludes halogenated alkanes) is 3. The summed E-state index contributed by atoms with van der Waals surface area (Å²) >= 11 is 0. The molecule has 100 valence electrons. The fraction of sp³-hybridized carbons (Fsp3) is 0.800. The molecule has 0 bridgehead atoms. The highest BCUT2D eigenvalue weighted by molar-refractivity contribution is 5.81. The van der Waals surface area contributed by atoms with Gasteiger partial charge in [-0.25, -0.2) is 4.79 Å². The van der Waals surface area contributed by atoms with Crippen LogP contribution in [0, 0.1) is 0 Å². The molecule has 17 heavy (non-hydrogen) atoms. The number of esters is 1. The Hall–Kier alpha value is -0.790. The summed E-state index contributed by atoms with van der Waals surface area (Å²) in [7, 11) is 0. The van der Waals surface area contributed by atoms with Crippen molar-refractivity contribution in [3.05, 3.63) is 12.7 Å². The third-order valence-electron chi connectivity index (χ3n) is 3.32. The van der Waals surface area contributed by atoms with Gasteiger partial charge in [-0.15, -0.1) is 0 Å². The molecule has 0 aromatic heterocycles. The Morgan fingerprint density at radius 3 is 2.29 bits per heavy atom. The molecule has 0 aliphatic rings. The van der Waals surface area contributed by atoms with E-state index in [0.29, 0.717) is 0 Å². The van der Waals surface area contributed by atoms with E-state index in [2.05, 4.69) is 27.4 Å². The maximum absolute atomic E-state index is 11.4. The zero-order valence-corrected chi connectivity index (χ0v) is 11.8. The van der Waals surface area contributed by atoms with Crippen LogP contribution in [0.2, 0.25) is 0 Å². The first kappa shape index (κ1) is 16.2. The normalized spacial score (nSPS) is 14.1. The maximum Gasteiger partial charge on any atom is 0.330 e. The van der Waals surface area contributed by atoms with Crippen molar-refractivity contribution in [3.8, 4) is 0 Å². The number of hydrogen-bond acceptors (Lipinski definition) is 2. The summed E-state index contributed by atoms with van der Waals surface area (Å²) in [6.07, 6.45) is 10.0. The predicted molar refractivity (Wildman–Crippen MR) is 73.0 cm³/mol. The summed E-state index contributed by atoms with van der Waals surface area (Å²) in [5.41, 5.74) is -0.256. The average Bonchev–Trinajstić information content (AvgIpc) is 2.34. The third kappa shape index (κ3) is 6.50. The first-order chi connectivity index (χ1) is 8.14. The zero-order valence-electron chi connectivity index (χ0n) is 11.8. The van der Waals surface area contributed by atoms with E-state index in [0.717, 1.165) is 32.1 Å². The molecule has 0 heterocycles. The van der Waals surface area contributed by atoms with Gasteiger partial charge >= 0.3 is 5.97 Å². The van der Waals surface area contributed by atoms with Crippen molar-refractivity contribution in [2.75, 3.05) is 0 Å². The Morgan fingerprint density at radius 2 is 1.82 bits per heavy atom. The van der Waals surface area contributed by atoms with Gasteiger partial charge in [0.1, 0.15) is 5.60 Å². The van der Waals surface area contributed by atoms with Gasteiger partial charge < -0.3 is 4.74 Å². The molecule has 2 nitrogen and oxygen atoms in total. The van der Waals surface area contributed by atoms with Crippen LogP contribution in [0.15, 0.2) is 12.7 Å². The molecule has 1 atom stereocenters. The fourth-order valence-electron chi connectivity index (χ4n) is 2.24. The molecule has 0 saturated carbocycles. The van der Waals surface area contributed by atoms with Gasteiger partial charge in [-0.1, -0.05) is 53.0 Å². The van der Waals surface area contributed by atoms with Gasteiger partial charge in [0, 0.05) is 6.08 Å². The fourth-order valence-corrected chi connectivity index (χ4v) is 2.24. The Morgan fingerprint density at radius 1 is 1.12 bits per heavy atom. The first-order valence-corrected chi connectivity index (χ1v) is 6.99. The summed E-state index contributed by atoms with van der Waals surface area (Å²) in [6, 6.07) is 0. The lowest BCUT2D eigenvalue weighted by Gasteiger charge is -2.32. The van der Waals surface area contributed by atoms with Crippen LogP contribution in [-0.2, 0) is 9.53 Å². The SMILES string of the molecule is C=CC(=O)OC(CC)(CCC)CCCCCC. The molecule has 1 unspecified atom stereocenters. The average molecular weight is 240 g/mol. The molecule has 0 aromatic rings. The molecule has 0 rings (SSSR count). The van der Waals surface area contributed by atoms with Crippen LogP contribution < -0.4 is 0 Å². The van der Waals surface area contributed by atoms with E-state index < -0.39 is 0 Å². The Labute approximate surface area is 106 Å². The lowest BCUT2D eigenvalue weighted by atomic mass is 9.88. The highest BCUT2D eigenvalue weighted by Gasteiger charge is 2.30. The molecular formula is C15H28O2. The second kappa shape index (κ2) is 9.26. The molecule has 0 aliphatic carbocycles. The second-order valence-electron chi connectivity index (χ2n) is 4.72. The molecule has 0 saturated heterocycles. The van der Waals surface area contributed by atoms with E-state index >= 15 is 0 Å². The lowest BCUT2D eigenvalue weighted by Crippen LogP contribution is -2.34. The van der Waals surface area contributed by atoms with Crippen LogP contribution >= 0.6 is 0 Å². The Kier molecular flexibility index (Phi) is 8.83. The number of carbonyl (C=O) groups excluding carboxylic acids is 1. The van der Waals surface area contributed by atoms with Crippen molar-refractivity contribution in [1.29, 1.82) is 0 Å². The summed E-state index contributed by atoms with van der Waals surface area (Å²) in [4.78, 5) is 11.4. The number of ether oxygens (including phenoxy) is 1. The van der Waals surface area contributed by atoms with Crippen molar-refractivity contribution in [2.24, 2.45) is 0 Å². The van der Waals surface area contributed by atoms with Crippen LogP contribution in [0.5, 0.6) is 0 Å². The minimum atomic E-state index is -0.282. The second-order valence-corrected chi connectivity index (χ2v) is 4.72. The van der Waals surface area contributed by atoms with Gasteiger partial charge in [0.25, 0.3) is 0 Å². The molecule has 0 amide bonds. The van der Waals surface area contributed by atoms with E-state index in [1.54, 1.807) is 0 Å². The zero-order chi connectivity index (χ0) is 13.1. The van der Waals surface area contributed by atoms with Crippen molar-refractivity contribution in [1.82, 2.24) is 0 Å². The van der Waals surface area contributed by atoms with Gasteiger partial charge in [-0.3, -0.25) is 0 Å². The molecule has 2 heteroatoms. The summed E-state index contributed by atoms with van der Waals surface area (Å²) in [5.74, 6) is -0.282. The summed E-state index contributed by atoms with van der Waals surface area (Å²) in [5, 5.41) is 0. The Bertz CT molecular complexity index is 223. The highest BCUT2D eigenvalue weighted by atomic mass is 16.6. The van der Waals surface area contributed by atoms with Crippen LogP contribution in [0.1, 0.15) is 72.1 Å². The quantitative estimate of drug-likeness (QED) is 0.316. The van der Waals surface area contributed by atoms with E-state index in [-0.39, 0.29) is 11.6 Å². The minimum absolute atomic E-state index is 0.256. The first-order valence-electron chi connectivity index (χ1n) is 6.99. The van der Waals surface area contributed by atoms with Gasteiger partial charge in [-0.05, 0) is 25.7 Å². The number of carbonyl (C=O) groups is 1. The Balaban J connectivity index is 4.35. The molecular weight excluding hydrogens is 212 g/mol. The number of rotatable bonds is 10. The lowest BCUT2D eigenvalue weighted by molar-refractivity contribution is -0.155. The van der Waals surface area contributed by atoms with Gasteiger partial charge in [0.15, 0.2) is 0 Å². The monoisotopic (exact) mass is 240 g/mol. The third-order valence-corrected chi connectivity index (χ3v) is 3.32. The molecule has 0 spiro atoms. The molecule has 0 fully saturated rings. The topological polar surface area (TPSA) is 26.3 Å². The van der Waals surface area contributed by atoms with Crippen molar-refractivity contribution in [3.63, 3.8) is 0 Å². The molecule has 0 N–H and O–H groups in total. The minimum Gasteiger partial charge on any atom is -0.456 e. The van der Waals surface area contributed by atoms with E-state index in [1.165, 1.54) is 25.3 Å². The summed E-state index contributed by atoms with van der Waals surface area (Å²) < 4.78 is 5.60. The number of hydrogen-bond donors (Lipinski definition) is 0. The van der Waals surface area contributed by atoms with Gasteiger partial charge in [0.05, 0.1) is 0 Å². The van der Waals surface area contributed by atoms with Crippen LogP contribution in [0.4, 0.5) is 0 Å². The molecule has 0 radical (unpaired) electrons. The van der Waals surface area contributed by atoms with Gasteiger partial charge in [0.2, 0.25) is 0 Å². The smallest absolute Gasteiger partial charge is 0.330 e. The van der Waals surface area contributed by atoms with Crippen LogP contribution in [0.3, 0.4) is 0 Å². The summed E-state index contributed by atoms with van der Waals surface area (Å²) in [6.45, 7) is 9.92. The van der Waals surface area contributed by atoms with E-state index in [9.17, 15) is 4.79 Å². The molecule has 0 aliphatic heterocycles. The van der Waals surface area contributed by atoms with E-state index in [1.807, 2.05) is 0 Å². The van der Waals surface area contributed by atoms with Crippen molar-refractivity contribution >= 4 is 5.97 Å². The van der Waals surface area contributed by atoms with E-state index in [4.69, 9.17) is 4.74 Å². The van der Waals surface area contributed by atoms with Crippen LogP contribution in [-0.4, -0.2) is 11.6 Å². The largest absolute Gasteiger partial charge is 0.456 e. The maximum atomic E-state index is 11.4. The van der Waals surface area contributed by atoms with Crippen LogP contribution in [0.25, 0.3) is 0 Å².